The lowest BCUT2D eigenvalue weighted by atomic mass is 9.68. The number of thiazole rings is 1. The van der Waals surface area contributed by atoms with Crippen molar-refractivity contribution in [2.24, 2.45) is 11.3 Å². The molecule has 3 heteroatoms. The Balaban J connectivity index is 1.99. The summed E-state index contributed by atoms with van der Waals surface area (Å²) in [7, 11) is 0. The first kappa shape index (κ1) is 17.0. The lowest BCUT2D eigenvalue weighted by molar-refractivity contribution is -0.0245. The van der Waals surface area contributed by atoms with Gasteiger partial charge in [0.25, 0.3) is 0 Å². The van der Waals surface area contributed by atoms with Crippen LogP contribution < -0.4 is 0 Å². The number of rotatable bonds is 2. The van der Waals surface area contributed by atoms with E-state index in [2.05, 4.69) is 46.9 Å². The second-order valence-corrected chi connectivity index (χ2v) is 9.86. The molecule has 1 aliphatic rings. The van der Waals surface area contributed by atoms with Gasteiger partial charge in [0.15, 0.2) is 0 Å². The van der Waals surface area contributed by atoms with Gasteiger partial charge in [0, 0.05) is 17.2 Å². The fourth-order valence-corrected chi connectivity index (χ4v) is 4.37. The zero-order valence-electron chi connectivity index (χ0n) is 14.5. The van der Waals surface area contributed by atoms with E-state index >= 15 is 0 Å². The lowest BCUT2D eigenvalue weighted by Crippen LogP contribution is -2.39. The van der Waals surface area contributed by atoms with Crippen molar-refractivity contribution in [1.82, 2.24) is 4.98 Å². The summed E-state index contributed by atoms with van der Waals surface area (Å²) in [5.74, 6) is 0.735. The zero-order valence-corrected chi connectivity index (χ0v) is 15.3. The van der Waals surface area contributed by atoms with E-state index in [-0.39, 0.29) is 5.41 Å². The van der Waals surface area contributed by atoms with Crippen LogP contribution in [0.5, 0.6) is 0 Å². The molecule has 0 amide bonds. The monoisotopic (exact) mass is 309 g/mol. The molecule has 2 nitrogen and oxygen atoms in total. The van der Waals surface area contributed by atoms with Crippen molar-refractivity contribution in [1.29, 1.82) is 0 Å². The summed E-state index contributed by atoms with van der Waals surface area (Å²) in [4.78, 5) is 4.75. The molecule has 0 spiro atoms. The van der Waals surface area contributed by atoms with E-state index in [1.54, 1.807) is 11.3 Å². The van der Waals surface area contributed by atoms with Gasteiger partial charge < -0.3 is 5.11 Å². The predicted octanol–water partition coefficient (Wildman–Crippen LogP) is 4.95. The van der Waals surface area contributed by atoms with Gasteiger partial charge in [0.2, 0.25) is 0 Å². The SMILES string of the molecule is CC(C)(C)c1csc(CC2(O)CCC(C(C)(C)C)CC2)n1. The molecule has 0 unspecified atom stereocenters. The normalized spacial score (nSPS) is 27.9. The van der Waals surface area contributed by atoms with Crippen molar-refractivity contribution >= 4 is 11.3 Å². The van der Waals surface area contributed by atoms with Crippen molar-refractivity contribution in [3.05, 3.63) is 16.1 Å². The second-order valence-electron chi connectivity index (χ2n) is 8.92. The standard InChI is InChI=1S/C18H31NOS/c1-16(2,3)13-7-9-18(20,10-8-13)11-15-19-14(12-21-15)17(4,5)6/h12-13,20H,7-11H2,1-6H3. The van der Waals surface area contributed by atoms with Gasteiger partial charge in [-0.3, -0.25) is 0 Å². The summed E-state index contributed by atoms with van der Waals surface area (Å²) < 4.78 is 0. The molecule has 2 rings (SSSR count). The first-order valence-electron chi connectivity index (χ1n) is 8.17. The van der Waals surface area contributed by atoms with E-state index < -0.39 is 5.60 Å². The van der Waals surface area contributed by atoms with Crippen molar-refractivity contribution in [2.45, 2.75) is 84.7 Å². The zero-order chi connectivity index (χ0) is 15.9. The van der Waals surface area contributed by atoms with Gasteiger partial charge in [0.05, 0.1) is 16.3 Å². The average Bonchev–Trinajstić information content (AvgIpc) is 2.75. The third-order valence-corrected chi connectivity index (χ3v) is 5.79. The van der Waals surface area contributed by atoms with Crippen molar-refractivity contribution < 1.29 is 5.11 Å². The Labute approximate surface area is 134 Å². The number of aliphatic hydroxyl groups is 1. The van der Waals surface area contributed by atoms with Crippen LogP contribution in [0.25, 0.3) is 0 Å². The minimum atomic E-state index is -0.533. The maximum absolute atomic E-state index is 10.9. The molecule has 0 aromatic carbocycles. The van der Waals surface area contributed by atoms with Crippen LogP contribution in [0, 0.1) is 11.3 Å². The Morgan fingerprint density at radius 1 is 1.19 bits per heavy atom. The molecule has 1 fully saturated rings. The van der Waals surface area contributed by atoms with Crippen LogP contribution in [0.4, 0.5) is 0 Å². The van der Waals surface area contributed by atoms with Crippen LogP contribution in [0.15, 0.2) is 5.38 Å². The molecular formula is C18H31NOS. The summed E-state index contributed by atoms with van der Waals surface area (Å²) in [6.45, 7) is 13.5. The lowest BCUT2D eigenvalue weighted by Gasteiger charge is -2.41. The molecule has 0 radical (unpaired) electrons. The fraction of sp³-hybridized carbons (Fsp3) is 0.833. The molecule has 0 atom stereocenters. The molecule has 1 aliphatic carbocycles. The van der Waals surface area contributed by atoms with Gasteiger partial charge in [-0.15, -0.1) is 11.3 Å². The molecule has 0 aliphatic heterocycles. The van der Waals surface area contributed by atoms with Crippen LogP contribution in [-0.2, 0) is 11.8 Å². The first-order chi connectivity index (χ1) is 9.50. The third kappa shape index (κ3) is 4.29. The van der Waals surface area contributed by atoms with Crippen LogP contribution in [0.2, 0.25) is 0 Å². The quantitative estimate of drug-likeness (QED) is 0.838. The van der Waals surface area contributed by atoms with Crippen molar-refractivity contribution in [3.63, 3.8) is 0 Å². The maximum atomic E-state index is 10.9. The van der Waals surface area contributed by atoms with E-state index in [0.29, 0.717) is 5.41 Å². The molecule has 1 aromatic rings. The number of hydrogen-bond donors (Lipinski definition) is 1. The highest BCUT2D eigenvalue weighted by molar-refractivity contribution is 7.09. The average molecular weight is 310 g/mol. The number of nitrogens with zero attached hydrogens (tertiary/aromatic N) is 1. The Bertz CT molecular complexity index is 470. The molecule has 1 N–H and O–H groups in total. The van der Waals surface area contributed by atoms with Crippen molar-refractivity contribution in [3.8, 4) is 0 Å². The molecule has 21 heavy (non-hydrogen) atoms. The highest BCUT2D eigenvalue weighted by atomic mass is 32.1. The highest BCUT2D eigenvalue weighted by Crippen LogP contribution is 2.42. The number of hydrogen-bond acceptors (Lipinski definition) is 3. The van der Waals surface area contributed by atoms with Crippen LogP contribution in [0.1, 0.15) is 77.9 Å². The summed E-state index contributed by atoms with van der Waals surface area (Å²) in [6.07, 6.45) is 4.83. The maximum Gasteiger partial charge on any atom is 0.0957 e. The Kier molecular flexibility index (Phi) is 4.57. The summed E-state index contributed by atoms with van der Waals surface area (Å²) in [5, 5.41) is 14.1. The van der Waals surface area contributed by atoms with Gasteiger partial charge in [-0.25, -0.2) is 4.98 Å². The van der Waals surface area contributed by atoms with Crippen LogP contribution >= 0.6 is 11.3 Å². The van der Waals surface area contributed by atoms with Gasteiger partial charge in [0.1, 0.15) is 0 Å². The third-order valence-electron chi connectivity index (χ3n) is 4.94. The summed E-state index contributed by atoms with van der Waals surface area (Å²) >= 11 is 1.70. The Morgan fingerprint density at radius 3 is 2.19 bits per heavy atom. The first-order valence-corrected chi connectivity index (χ1v) is 9.05. The van der Waals surface area contributed by atoms with Crippen LogP contribution in [-0.4, -0.2) is 15.7 Å². The smallest absolute Gasteiger partial charge is 0.0957 e. The van der Waals surface area contributed by atoms with E-state index in [9.17, 15) is 5.11 Å². The molecule has 1 saturated carbocycles. The summed E-state index contributed by atoms with van der Waals surface area (Å²) in [6, 6.07) is 0. The molecule has 0 saturated heterocycles. The fourth-order valence-electron chi connectivity index (χ4n) is 3.22. The number of aromatic nitrogens is 1. The van der Waals surface area contributed by atoms with Gasteiger partial charge in [-0.1, -0.05) is 41.5 Å². The second kappa shape index (κ2) is 5.66. The molecule has 1 heterocycles. The van der Waals surface area contributed by atoms with E-state index in [4.69, 9.17) is 4.98 Å². The van der Waals surface area contributed by atoms with E-state index in [1.807, 2.05) is 0 Å². The predicted molar refractivity (Wildman–Crippen MR) is 90.9 cm³/mol. The van der Waals surface area contributed by atoms with E-state index in [1.165, 1.54) is 0 Å². The summed E-state index contributed by atoms with van der Waals surface area (Å²) in [5.41, 5.74) is 1.08. The molecular weight excluding hydrogens is 278 g/mol. The highest BCUT2D eigenvalue weighted by Gasteiger charge is 2.38. The van der Waals surface area contributed by atoms with Gasteiger partial charge in [-0.05, 0) is 37.0 Å². The minimum Gasteiger partial charge on any atom is -0.389 e. The topological polar surface area (TPSA) is 33.1 Å². The Hall–Kier alpha value is -0.410. The van der Waals surface area contributed by atoms with Gasteiger partial charge in [-0.2, -0.15) is 0 Å². The van der Waals surface area contributed by atoms with Crippen molar-refractivity contribution in [2.75, 3.05) is 0 Å². The molecule has 120 valence electrons. The largest absolute Gasteiger partial charge is 0.389 e. The Morgan fingerprint density at radius 2 is 1.76 bits per heavy atom. The van der Waals surface area contributed by atoms with Gasteiger partial charge >= 0.3 is 0 Å². The molecule has 1 aromatic heterocycles. The van der Waals surface area contributed by atoms with Crippen LogP contribution in [0.3, 0.4) is 0 Å². The van der Waals surface area contributed by atoms with E-state index in [0.717, 1.165) is 48.7 Å². The minimum absolute atomic E-state index is 0.0985. The molecule has 0 bridgehead atoms.